The molecule has 164 valence electrons. The zero-order valence-electron chi connectivity index (χ0n) is 18.3. The van der Waals surface area contributed by atoms with Crippen molar-refractivity contribution in [3.05, 3.63) is 82.2 Å². The maximum atomic E-state index is 13.4. The molecule has 8 heteroatoms. The van der Waals surface area contributed by atoms with E-state index in [9.17, 15) is 4.79 Å². The van der Waals surface area contributed by atoms with Gasteiger partial charge in [-0.15, -0.1) is 0 Å². The topological polar surface area (TPSA) is 73.4 Å². The number of halogens is 1. The number of carbonyl (C=O) groups is 1. The standard InChI is InChI=1S/C24H23ClN4O3/c1-15-20(24(29(4)26-15)31-19-12-10-18(25)11-13-19)22-21(16(2)32-27-22)23(30)28(3)14-17-8-6-5-7-9-17/h5-13H,14H2,1-4H3. The number of rotatable bonds is 6. The van der Waals surface area contributed by atoms with Crippen molar-refractivity contribution in [3.63, 3.8) is 0 Å². The number of hydrogen-bond donors (Lipinski definition) is 0. The fourth-order valence-corrected chi connectivity index (χ4v) is 3.68. The highest BCUT2D eigenvalue weighted by atomic mass is 35.5. The first-order valence-corrected chi connectivity index (χ1v) is 10.5. The Labute approximate surface area is 191 Å². The van der Waals surface area contributed by atoms with Gasteiger partial charge in [0.1, 0.15) is 22.8 Å². The van der Waals surface area contributed by atoms with Gasteiger partial charge in [-0.2, -0.15) is 5.10 Å². The molecule has 2 heterocycles. The van der Waals surface area contributed by atoms with E-state index in [0.29, 0.717) is 51.5 Å². The van der Waals surface area contributed by atoms with Crippen LogP contribution in [0.15, 0.2) is 59.1 Å². The first kappa shape index (κ1) is 21.6. The van der Waals surface area contributed by atoms with Crippen molar-refractivity contribution in [2.75, 3.05) is 7.05 Å². The maximum absolute atomic E-state index is 13.4. The highest BCUT2D eigenvalue weighted by molar-refractivity contribution is 6.30. The molecule has 0 aliphatic heterocycles. The molecule has 2 aromatic carbocycles. The van der Waals surface area contributed by atoms with Gasteiger partial charge in [0.15, 0.2) is 0 Å². The summed E-state index contributed by atoms with van der Waals surface area (Å²) in [4.78, 5) is 15.0. The number of ether oxygens (including phenoxy) is 1. The number of hydrogen-bond acceptors (Lipinski definition) is 5. The SMILES string of the molecule is Cc1nn(C)c(Oc2ccc(Cl)cc2)c1-c1noc(C)c1C(=O)N(C)Cc1ccccc1. The summed E-state index contributed by atoms with van der Waals surface area (Å²) < 4.78 is 13.2. The summed E-state index contributed by atoms with van der Waals surface area (Å²) in [5.74, 6) is 1.29. The third kappa shape index (κ3) is 4.24. The van der Waals surface area contributed by atoms with Gasteiger partial charge >= 0.3 is 0 Å². The average molecular weight is 451 g/mol. The van der Waals surface area contributed by atoms with Crippen molar-refractivity contribution >= 4 is 17.5 Å². The van der Waals surface area contributed by atoms with Crippen LogP contribution < -0.4 is 4.74 Å². The highest BCUT2D eigenvalue weighted by Gasteiger charge is 2.30. The van der Waals surface area contributed by atoms with Crippen LogP contribution in [0.4, 0.5) is 0 Å². The second-order valence-corrected chi connectivity index (χ2v) is 7.99. The Hall–Kier alpha value is -3.58. The molecular formula is C24H23ClN4O3. The van der Waals surface area contributed by atoms with Crippen LogP contribution in [0.25, 0.3) is 11.3 Å². The molecule has 4 rings (SSSR count). The molecule has 32 heavy (non-hydrogen) atoms. The smallest absolute Gasteiger partial charge is 0.259 e. The Morgan fingerprint density at radius 3 is 2.50 bits per heavy atom. The molecule has 0 unspecified atom stereocenters. The van der Waals surface area contributed by atoms with Crippen LogP contribution in [-0.4, -0.2) is 32.8 Å². The Balaban J connectivity index is 1.71. The minimum Gasteiger partial charge on any atom is -0.439 e. The molecule has 0 saturated carbocycles. The Bertz CT molecular complexity index is 1250. The molecule has 0 atom stereocenters. The van der Waals surface area contributed by atoms with Gasteiger partial charge in [-0.3, -0.25) is 4.79 Å². The van der Waals surface area contributed by atoms with Gasteiger partial charge in [0.25, 0.3) is 5.91 Å². The number of carbonyl (C=O) groups excluding carboxylic acids is 1. The number of amides is 1. The lowest BCUT2D eigenvalue weighted by atomic mass is 10.1. The van der Waals surface area contributed by atoms with E-state index in [2.05, 4.69) is 10.3 Å². The van der Waals surface area contributed by atoms with Crippen LogP contribution >= 0.6 is 11.6 Å². The van der Waals surface area contributed by atoms with E-state index in [1.54, 1.807) is 54.9 Å². The van der Waals surface area contributed by atoms with E-state index < -0.39 is 0 Å². The van der Waals surface area contributed by atoms with Gasteiger partial charge in [-0.1, -0.05) is 47.1 Å². The van der Waals surface area contributed by atoms with Gasteiger partial charge in [0.2, 0.25) is 5.88 Å². The Kier molecular flexibility index (Phi) is 6.01. The monoisotopic (exact) mass is 450 g/mol. The lowest BCUT2D eigenvalue weighted by Crippen LogP contribution is -2.27. The summed E-state index contributed by atoms with van der Waals surface area (Å²) in [6.45, 7) is 4.03. The molecule has 7 nitrogen and oxygen atoms in total. The van der Waals surface area contributed by atoms with Gasteiger partial charge in [-0.05, 0) is 43.7 Å². The normalized spacial score (nSPS) is 10.9. The summed E-state index contributed by atoms with van der Waals surface area (Å²) in [7, 11) is 3.53. The van der Waals surface area contributed by atoms with Crippen molar-refractivity contribution in [2.45, 2.75) is 20.4 Å². The predicted octanol–water partition coefficient (Wildman–Crippen LogP) is 5.41. The van der Waals surface area contributed by atoms with Crippen LogP contribution in [0.5, 0.6) is 11.6 Å². The molecule has 4 aromatic rings. The number of benzene rings is 2. The van der Waals surface area contributed by atoms with E-state index in [1.807, 2.05) is 37.3 Å². The molecule has 2 aromatic heterocycles. The fourth-order valence-electron chi connectivity index (χ4n) is 3.56. The zero-order valence-corrected chi connectivity index (χ0v) is 19.1. The van der Waals surface area contributed by atoms with E-state index in [0.717, 1.165) is 5.56 Å². The second kappa shape index (κ2) is 8.88. The quantitative estimate of drug-likeness (QED) is 0.392. The molecule has 0 radical (unpaired) electrons. The fraction of sp³-hybridized carbons (Fsp3) is 0.208. The molecule has 0 spiro atoms. The van der Waals surface area contributed by atoms with E-state index in [4.69, 9.17) is 20.9 Å². The lowest BCUT2D eigenvalue weighted by molar-refractivity contribution is 0.0784. The van der Waals surface area contributed by atoms with E-state index in [-0.39, 0.29) is 5.91 Å². The van der Waals surface area contributed by atoms with Crippen molar-refractivity contribution in [1.29, 1.82) is 0 Å². The van der Waals surface area contributed by atoms with Gasteiger partial charge in [0, 0.05) is 25.7 Å². The molecule has 0 fully saturated rings. The predicted molar refractivity (Wildman–Crippen MR) is 122 cm³/mol. The number of nitrogens with zero attached hydrogens (tertiary/aromatic N) is 4. The minimum absolute atomic E-state index is 0.191. The lowest BCUT2D eigenvalue weighted by Gasteiger charge is -2.17. The van der Waals surface area contributed by atoms with Crippen molar-refractivity contribution in [1.82, 2.24) is 19.8 Å². The van der Waals surface area contributed by atoms with Gasteiger partial charge < -0.3 is 14.2 Å². The average Bonchev–Trinajstić information content (AvgIpc) is 3.28. The maximum Gasteiger partial charge on any atom is 0.259 e. The number of aryl methyl sites for hydroxylation is 3. The summed E-state index contributed by atoms with van der Waals surface area (Å²) in [5.41, 5.74) is 3.10. The van der Waals surface area contributed by atoms with E-state index >= 15 is 0 Å². The molecule has 0 aliphatic rings. The van der Waals surface area contributed by atoms with Crippen molar-refractivity contribution < 1.29 is 14.1 Å². The molecule has 1 amide bonds. The third-order valence-corrected chi connectivity index (χ3v) is 5.37. The van der Waals surface area contributed by atoms with Crippen LogP contribution in [0.1, 0.15) is 27.4 Å². The Morgan fingerprint density at radius 2 is 1.81 bits per heavy atom. The van der Waals surface area contributed by atoms with Gasteiger partial charge in [-0.25, -0.2) is 4.68 Å². The summed E-state index contributed by atoms with van der Waals surface area (Å²) in [5, 5.41) is 9.30. The van der Waals surface area contributed by atoms with Crippen LogP contribution in [-0.2, 0) is 13.6 Å². The van der Waals surface area contributed by atoms with Crippen LogP contribution in [0, 0.1) is 13.8 Å². The molecule has 0 bridgehead atoms. The second-order valence-electron chi connectivity index (χ2n) is 7.55. The first-order valence-electron chi connectivity index (χ1n) is 10.1. The summed E-state index contributed by atoms with van der Waals surface area (Å²) >= 11 is 5.99. The van der Waals surface area contributed by atoms with Crippen molar-refractivity contribution in [3.8, 4) is 22.9 Å². The Morgan fingerprint density at radius 1 is 1.12 bits per heavy atom. The molecule has 0 aliphatic carbocycles. The number of aromatic nitrogens is 3. The molecule has 0 saturated heterocycles. The summed E-state index contributed by atoms with van der Waals surface area (Å²) in [6.07, 6.45) is 0. The third-order valence-electron chi connectivity index (χ3n) is 5.12. The van der Waals surface area contributed by atoms with Crippen LogP contribution in [0.3, 0.4) is 0 Å². The zero-order chi connectivity index (χ0) is 22.8. The molecular weight excluding hydrogens is 428 g/mol. The largest absolute Gasteiger partial charge is 0.439 e. The summed E-state index contributed by atoms with van der Waals surface area (Å²) in [6, 6.07) is 16.8. The van der Waals surface area contributed by atoms with E-state index in [1.165, 1.54) is 0 Å². The van der Waals surface area contributed by atoms with Crippen LogP contribution in [0.2, 0.25) is 5.02 Å². The minimum atomic E-state index is -0.191. The first-order chi connectivity index (χ1) is 15.3. The molecule has 0 N–H and O–H groups in total. The van der Waals surface area contributed by atoms with Gasteiger partial charge in [0.05, 0.1) is 11.3 Å². The van der Waals surface area contributed by atoms with Crippen molar-refractivity contribution in [2.24, 2.45) is 7.05 Å². The highest BCUT2D eigenvalue weighted by Crippen LogP contribution is 2.38.